The summed E-state index contributed by atoms with van der Waals surface area (Å²) in [5.41, 5.74) is 6.27. The molecule has 0 spiro atoms. The van der Waals surface area contributed by atoms with Crippen molar-refractivity contribution >= 4 is 43.7 Å². The summed E-state index contributed by atoms with van der Waals surface area (Å²) >= 11 is 0. The highest BCUT2D eigenvalue weighted by Crippen LogP contribution is 2.42. The number of nitrogens with zero attached hydrogens (tertiary/aromatic N) is 2. The molecule has 0 aliphatic carbocycles. The third-order valence-electron chi connectivity index (χ3n) is 6.01. The maximum Gasteiger partial charge on any atom is 0.227 e. The van der Waals surface area contributed by atoms with Crippen LogP contribution in [0.15, 0.2) is 83.4 Å². The second-order valence-corrected chi connectivity index (χ2v) is 7.54. The van der Waals surface area contributed by atoms with Crippen LogP contribution in [0.2, 0.25) is 0 Å². The largest absolute Gasteiger partial charge is 0.437 e. The highest BCUT2D eigenvalue weighted by Gasteiger charge is 2.24. The summed E-state index contributed by atoms with van der Waals surface area (Å²) < 4.78 is 8.63. The molecule has 3 heterocycles. The van der Waals surface area contributed by atoms with Gasteiger partial charge < -0.3 is 4.42 Å². The van der Waals surface area contributed by atoms with Crippen molar-refractivity contribution in [2.45, 2.75) is 6.92 Å². The second-order valence-electron chi connectivity index (χ2n) is 7.54. The Morgan fingerprint density at radius 3 is 2.45 bits per heavy atom. The molecule has 0 saturated carbocycles. The topological polar surface area (TPSA) is 29.9 Å². The van der Waals surface area contributed by atoms with Gasteiger partial charge in [0.1, 0.15) is 7.05 Å². The third-order valence-corrected chi connectivity index (χ3v) is 6.01. The van der Waals surface area contributed by atoms with E-state index in [1.165, 1.54) is 27.2 Å². The van der Waals surface area contributed by atoms with Crippen molar-refractivity contribution in [1.29, 1.82) is 0 Å². The molecule has 0 aliphatic heterocycles. The molecule has 6 aromatic rings. The number of pyridine rings is 2. The zero-order valence-electron chi connectivity index (χ0n) is 16.3. The summed E-state index contributed by atoms with van der Waals surface area (Å²) in [6.45, 7) is 2.19. The highest BCUT2D eigenvalue weighted by molar-refractivity contribution is 6.22. The van der Waals surface area contributed by atoms with Gasteiger partial charge in [-0.2, -0.15) is 4.57 Å². The average Bonchev–Trinajstić information content (AvgIpc) is 3.15. The van der Waals surface area contributed by atoms with Crippen LogP contribution in [0.5, 0.6) is 0 Å². The molecule has 138 valence electrons. The van der Waals surface area contributed by atoms with Crippen molar-refractivity contribution in [3.63, 3.8) is 0 Å². The van der Waals surface area contributed by atoms with E-state index in [9.17, 15) is 0 Å². The minimum atomic E-state index is 0.683. The van der Waals surface area contributed by atoms with Gasteiger partial charge in [-0.25, -0.2) is 4.98 Å². The van der Waals surface area contributed by atoms with Gasteiger partial charge >= 0.3 is 0 Å². The molecule has 0 radical (unpaired) electrons. The summed E-state index contributed by atoms with van der Waals surface area (Å²) in [5.74, 6) is 0. The number of aromatic nitrogens is 2. The van der Waals surface area contributed by atoms with E-state index in [2.05, 4.69) is 90.3 Å². The lowest BCUT2D eigenvalue weighted by Crippen LogP contribution is -2.32. The van der Waals surface area contributed by atoms with Crippen LogP contribution in [0.25, 0.3) is 55.0 Å². The average molecular weight is 375 g/mol. The second kappa shape index (κ2) is 5.89. The van der Waals surface area contributed by atoms with E-state index in [-0.39, 0.29) is 0 Å². The lowest BCUT2D eigenvalue weighted by molar-refractivity contribution is -0.633. The van der Waals surface area contributed by atoms with Crippen LogP contribution in [-0.4, -0.2) is 4.98 Å². The Kier molecular flexibility index (Phi) is 3.30. The number of benzene rings is 3. The molecule has 6 rings (SSSR count). The van der Waals surface area contributed by atoms with Crippen molar-refractivity contribution in [2.24, 2.45) is 7.05 Å². The minimum absolute atomic E-state index is 0.683. The molecule has 0 atom stereocenters. The number of hydrogen-bond donors (Lipinski definition) is 0. The first kappa shape index (κ1) is 16.3. The van der Waals surface area contributed by atoms with E-state index < -0.39 is 0 Å². The minimum Gasteiger partial charge on any atom is -0.437 e. The zero-order valence-corrected chi connectivity index (χ0v) is 16.3. The summed E-state index contributed by atoms with van der Waals surface area (Å²) in [6, 6.07) is 25.5. The normalized spacial score (nSPS) is 11.8. The van der Waals surface area contributed by atoms with Gasteiger partial charge in [-0.3, -0.25) is 0 Å². The molecule has 3 aromatic heterocycles. The molecular weight excluding hydrogens is 356 g/mol. The van der Waals surface area contributed by atoms with Gasteiger partial charge in [0.15, 0.2) is 5.58 Å². The molecule has 3 aromatic carbocycles. The predicted octanol–water partition coefficient (Wildman–Crippen LogP) is 6.09. The van der Waals surface area contributed by atoms with E-state index in [1.54, 1.807) is 6.20 Å². The van der Waals surface area contributed by atoms with Crippen molar-refractivity contribution in [1.82, 2.24) is 4.98 Å². The van der Waals surface area contributed by atoms with E-state index in [0.717, 1.165) is 27.6 Å². The van der Waals surface area contributed by atoms with E-state index in [4.69, 9.17) is 4.42 Å². The molecular formula is C26H19N2O+. The fourth-order valence-electron chi connectivity index (χ4n) is 4.61. The number of para-hydroxylation sites is 1. The van der Waals surface area contributed by atoms with Crippen molar-refractivity contribution in [3.8, 4) is 11.3 Å². The molecule has 0 saturated heterocycles. The van der Waals surface area contributed by atoms with Crippen LogP contribution in [-0.2, 0) is 7.05 Å². The molecule has 0 N–H and O–H groups in total. The fraction of sp³-hybridized carbons (Fsp3) is 0.0769. The Labute approximate surface area is 167 Å². The Bertz CT molecular complexity index is 1580. The lowest BCUT2D eigenvalue weighted by atomic mass is 9.93. The molecule has 29 heavy (non-hydrogen) atoms. The number of furan rings is 1. The third kappa shape index (κ3) is 2.18. The summed E-state index contributed by atoms with van der Waals surface area (Å²) in [7, 11) is 2.12. The SMILES string of the molecule is Cc1c(-c2ccc3ccccc3[n+]2C)c2oc3ncccc3c2c2ccccc12. The van der Waals surface area contributed by atoms with E-state index in [1.807, 2.05) is 6.07 Å². The molecule has 0 bridgehead atoms. The molecule has 3 heteroatoms. The number of aryl methyl sites for hydroxylation is 2. The first-order valence-corrected chi connectivity index (χ1v) is 9.81. The lowest BCUT2D eigenvalue weighted by Gasteiger charge is -2.11. The number of rotatable bonds is 1. The maximum absolute atomic E-state index is 6.37. The first-order valence-electron chi connectivity index (χ1n) is 9.81. The van der Waals surface area contributed by atoms with Crippen molar-refractivity contribution in [2.75, 3.05) is 0 Å². The smallest absolute Gasteiger partial charge is 0.227 e. The molecule has 0 unspecified atom stereocenters. The predicted molar refractivity (Wildman–Crippen MR) is 118 cm³/mol. The zero-order chi connectivity index (χ0) is 19.5. The van der Waals surface area contributed by atoms with Gasteiger partial charge in [0, 0.05) is 34.5 Å². The van der Waals surface area contributed by atoms with Crippen molar-refractivity contribution in [3.05, 3.63) is 84.6 Å². The Morgan fingerprint density at radius 1 is 0.793 bits per heavy atom. The van der Waals surface area contributed by atoms with Gasteiger partial charge in [-0.15, -0.1) is 0 Å². The first-order chi connectivity index (χ1) is 14.2. The van der Waals surface area contributed by atoms with Gasteiger partial charge in [0.2, 0.25) is 16.9 Å². The van der Waals surface area contributed by atoms with Crippen LogP contribution < -0.4 is 4.57 Å². The summed E-state index contributed by atoms with van der Waals surface area (Å²) in [5, 5.41) is 5.87. The molecule has 0 amide bonds. The van der Waals surface area contributed by atoms with Crippen LogP contribution in [0, 0.1) is 6.92 Å². The van der Waals surface area contributed by atoms with Gasteiger partial charge in [0.25, 0.3) is 0 Å². The Hall–Kier alpha value is -3.72. The summed E-state index contributed by atoms with van der Waals surface area (Å²) in [4.78, 5) is 4.49. The fourth-order valence-corrected chi connectivity index (χ4v) is 4.61. The number of fused-ring (bicyclic) bond motifs is 6. The van der Waals surface area contributed by atoms with Crippen LogP contribution in [0.1, 0.15) is 5.56 Å². The van der Waals surface area contributed by atoms with Crippen LogP contribution in [0.4, 0.5) is 0 Å². The Morgan fingerprint density at radius 2 is 1.55 bits per heavy atom. The van der Waals surface area contributed by atoms with E-state index >= 15 is 0 Å². The monoisotopic (exact) mass is 375 g/mol. The van der Waals surface area contributed by atoms with Crippen LogP contribution >= 0.6 is 0 Å². The maximum atomic E-state index is 6.37. The Balaban J connectivity index is 1.86. The van der Waals surface area contributed by atoms with E-state index in [0.29, 0.717) is 5.71 Å². The van der Waals surface area contributed by atoms with Gasteiger partial charge in [-0.05, 0) is 47.5 Å². The molecule has 0 aliphatic rings. The quantitative estimate of drug-likeness (QED) is 0.326. The van der Waals surface area contributed by atoms with Crippen molar-refractivity contribution < 1.29 is 8.98 Å². The van der Waals surface area contributed by atoms with Gasteiger partial charge in [0.05, 0.1) is 5.56 Å². The standard InChI is InChI=1S/C26H19N2O/c1-16-18-9-4-5-10-19(18)24-20-11-7-15-27-26(20)29-25(24)23(16)22-14-13-17-8-3-6-12-21(17)28(22)2/h3-15H,1-2H3/q+1. The van der Waals surface area contributed by atoms with Gasteiger partial charge in [-0.1, -0.05) is 36.4 Å². The van der Waals surface area contributed by atoms with Crippen LogP contribution in [0.3, 0.4) is 0 Å². The number of hydrogen-bond acceptors (Lipinski definition) is 2. The highest BCUT2D eigenvalue weighted by atomic mass is 16.3. The summed E-state index contributed by atoms with van der Waals surface area (Å²) in [6.07, 6.45) is 1.79. The molecule has 3 nitrogen and oxygen atoms in total. The molecule has 0 fully saturated rings.